The van der Waals surface area contributed by atoms with E-state index < -0.39 is 0 Å². The summed E-state index contributed by atoms with van der Waals surface area (Å²) in [6.45, 7) is 5.15. The quantitative estimate of drug-likeness (QED) is 0.803. The van der Waals surface area contributed by atoms with Gasteiger partial charge in [0.05, 0.1) is 30.8 Å². The van der Waals surface area contributed by atoms with E-state index in [1.54, 1.807) is 17.0 Å². The summed E-state index contributed by atoms with van der Waals surface area (Å²) in [6.07, 6.45) is 1.10. The molecule has 138 valence electrons. The van der Waals surface area contributed by atoms with Crippen LogP contribution in [-0.2, 0) is 9.59 Å². The summed E-state index contributed by atoms with van der Waals surface area (Å²) in [6, 6.07) is 3.27. The van der Waals surface area contributed by atoms with Crippen LogP contribution in [0.15, 0.2) is 12.1 Å². The fourth-order valence-corrected chi connectivity index (χ4v) is 3.03. The maximum Gasteiger partial charge on any atom is 0.227 e. The smallest absolute Gasteiger partial charge is 0.227 e. The zero-order valence-corrected chi connectivity index (χ0v) is 15.9. The number of benzene rings is 1. The number of hydrogen-bond acceptors (Lipinski definition) is 4. The van der Waals surface area contributed by atoms with Gasteiger partial charge in [0.25, 0.3) is 0 Å². The van der Waals surface area contributed by atoms with Crippen LogP contribution in [-0.4, -0.2) is 39.1 Å². The molecular weight excluding hydrogens is 344 g/mol. The molecule has 1 heterocycles. The molecule has 1 aromatic carbocycles. The Morgan fingerprint density at radius 1 is 1.32 bits per heavy atom. The zero-order chi connectivity index (χ0) is 18.6. The van der Waals surface area contributed by atoms with E-state index in [0.29, 0.717) is 41.2 Å². The standard InChI is InChI=1S/C18H25ClN2O4/c1-11(2)5-6-20-18(23)12-7-17(22)21(10-12)14-9-15(24-3)13(19)8-16(14)25-4/h8-9,11-12H,5-7,10H2,1-4H3,(H,20,23). The molecule has 0 spiro atoms. The summed E-state index contributed by atoms with van der Waals surface area (Å²) in [5, 5.41) is 3.31. The van der Waals surface area contributed by atoms with Crippen LogP contribution in [0, 0.1) is 11.8 Å². The van der Waals surface area contributed by atoms with Crippen LogP contribution in [0.25, 0.3) is 0 Å². The van der Waals surface area contributed by atoms with Crippen molar-refractivity contribution < 1.29 is 19.1 Å². The van der Waals surface area contributed by atoms with Crippen molar-refractivity contribution in [3.63, 3.8) is 0 Å². The molecular formula is C18H25ClN2O4. The minimum Gasteiger partial charge on any atom is -0.495 e. The highest BCUT2D eigenvalue weighted by atomic mass is 35.5. The Bertz CT molecular complexity index is 648. The number of methoxy groups -OCH3 is 2. The topological polar surface area (TPSA) is 67.9 Å². The third kappa shape index (κ3) is 4.57. The zero-order valence-electron chi connectivity index (χ0n) is 15.1. The first kappa shape index (κ1) is 19.4. The number of anilines is 1. The molecule has 1 atom stereocenters. The highest BCUT2D eigenvalue weighted by Gasteiger charge is 2.36. The molecule has 1 aromatic rings. The van der Waals surface area contributed by atoms with Crippen LogP contribution in [0.3, 0.4) is 0 Å². The van der Waals surface area contributed by atoms with Gasteiger partial charge in [0.15, 0.2) is 0 Å². The molecule has 6 nitrogen and oxygen atoms in total. The normalized spacial score (nSPS) is 17.1. The largest absolute Gasteiger partial charge is 0.495 e. The van der Waals surface area contributed by atoms with E-state index in [4.69, 9.17) is 21.1 Å². The molecule has 7 heteroatoms. The van der Waals surface area contributed by atoms with Gasteiger partial charge in [-0.15, -0.1) is 0 Å². The Hall–Kier alpha value is -1.95. The van der Waals surface area contributed by atoms with Crippen molar-refractivity contribution in [2.45, 2.75) is 26.7 Å². The molecule has 1 aliphatic heterocycles. The summed E-state index contributed by atoms with van der Waals surface area (Å²) in [4.78, 5) is 26.3. The maximum absolute atomic E-state index is 12.4. The van der Waals surface area contributed by atoms with Crippen molar-refractivity contribution >= 4 is 29.1 Å². The van der Waals surface area contributed by atoms with Crippen molar-refractivity contribution in [2.75, 3.05) is 32.2 Å². The highest BCUT2D eigenvalue weighted by Crippen LogP contribution is 2.40. The van der Waals surface area contributed by atoms with Crippen LogP contribution in [0.4, 0.5) is 5.69 Å². The molecule has 2 rings (SSSR count). The van der Waals surface area contributed by atoms with Gasteiger partial charge in [-0.25, -0.2) is 0 Å². The van der Waals surface area contributed by atoms with Crippen molar-refractivity contribution in [3.05, 3.63) is 17.2 Å². The van der Waals surface area contributed by atoms with Crippen LogP contribution >= 0.6 is 11.6 Å². The first-order valence-corrected chi connectivity index (χ1v) is 8.74. The Kier molecular flexibility index (Phi) is 6.53. The maximum atomic E-state index is 12.4. The molecule has 0 aliphatic carbocycles. The molecule has 0 bridgehead atoms. The van der Waals surface area contributed by atoms with Crippen LogP contribution in [0.1, 0.15) is 26.7 Å². The molecule has 0 radical (unpaired) electrons. The van der Waals surface area contributed by atoms with Gasteiger partial charge in [0.2, 0.25) is 11.8 Å². The van der Waals surface area contributed by atoms with Gasteiger partial charge in [-0.1, -0.05) is 25.4 Å². The molecule has 1 saturated heterocycles. The van der Waals surface area contributed by atoms with Gasteiger partial charge in [0, 0.05) is 31.6 Å². The highest BCUT2D eigenvalue weighted by molar-refractivity contribution is 6.32. The van der Waals surface area contributed by atoms with Crippen LogP contribution in [0.5, 0.6) is 11.5 Å². The molecule has 0 aromatic heterocycles. The third-order valence-corrected chi connectivity index (χ3v) is 4.56. The lowest BCUT2D eigenvalue weighted by atomic mass is 10.1. The van der Waals surface area contributed by atoms with E-state index in [-0.39, 0.29) is 24.2 Å². The molecule has 2 amide bonds. The van der Waals surface area contributed by atoms with Crippen molar-refractivity contribution in [2.24, 2.45) is 11.8 Å². The summed E-state index contributed by atoms with van der Waals surface area (Å²) in [5.74, 6) is 0.872. The van der Waals surface area contributed by atoms with E-state index >= 15 is 0 Å². The van der Waals surface area contributed by atoms with Gasteiger partial charge in [0.1, 0.15) is 11.5 Å². The van der Waals surface area contributed by atoms with E-state index in [0.717, 1.165) is 6.42 Å². The molecule has 25 heavy (non-hydrogen) atoms. The molecule has 1 fully saturated rings. The fraction of sp³-hybridized carbons (Fsp3) is 0.556. The molecule has 1 aliphatic rings. The second-order valence-electron chi connectivity index (χ2n) is 6.54. The number of hydrogen-bond donors (Lipinski definition) is 1. The lowest BCUT2D eigenvalue weighted by Crippen LogP contribution is -2.34. The van der Waals surface area contributed by atoms with E-state index in [2.05, 4.69) is 19.2 Å². The van der Waals surface area contributed by atoms with Gasteiger partial charge < -0.3 is 19.7 Å². The number of rotatable bonds is 7. The van der Waals surface area contributed by atoms with E-state index in [9.17, 15) is 9.59 Å². The predicted molar refractivity (Wildman–Crippen MR) is 97.5 cm³/mol. The molecule has 1 N–H and O–H groups in total. The third-order valence-electron chi connectivity index (χ3n) is 4.26. The fourth-order valence-electron chi connectivity index (χ4n) is 2.80. The second kappa shape index (κ2) is 8.43. The average molecular weight is 369 g/mol. The second-order valence-corrected chi connectivity index (χ2v) is 6.94. The Labute approximate surface area is 153 Å². The number of amides is 2. The Balaban J connectivity index is 2.13. The minimum absolute atomic E-state index is 0.0867. The predicted octanol–water partition coefficient (Wildman–Crippen LogP) is 2.87. The van der Waals surface area contributed by atoms with Crippen LogP contribution < -0.4 is 19.7 Å². The number of halogens is 1. The average Bonchev–Trinajstić information content (AvgIpc) is 2.95. The van der Waals surface area contributed by atoms with E-state index in [1.165, 1.54) is 14.2 Å². The van der Waals surface area contributed by atoms with Crippen molar-refractivity contribution in [3.8, 4) is 11.5 Å². The summed E-state index contributed by atoms with van der Waals surface area (Å²) >= 11 is 6.11. The number of ether oxygens (including phenoxy) is 2. The Morgan fingerprint density at radius 2 is 2.00 bits per heavy atom. The van der Waals surface area contributed by atoms with Gasteiger partial charge in [-0.3, -0.25) is 9.59 Å². The van der Waals surface area contributed by atoms with Gasteiger partial charge in [-0.05, 0) is 12.3 Å². The summed E-state index contributed by atoms with van der Waals surface area (Å²) in [5.41, 5.74) is 0.561. The Morgan fingerprint density at radius 3 is 2.60 bits per heavy atom. The van der Waals surface area contributed by atoms with Crippen molar-refractivity contribution in [1.82, 2.24) is 5.32 Å². The van der Waals surface area contributed by atoms with Crippen molar-refractivity contribution in [1.29, 1.82) is 0 Å². The van der Waals surface area contributed by atoms with Crippen LogP contribution in [0.2, 0.25) is 5.02 Å². The minimum atomic E-state index is -0.369. The first-order valence-electron chi connectivity index (χ1n) is 8.37. The summed E-state index contributed by atoms with van der Waals surface area (Å²) < 4.78 is 10.6. The SMILES string of the molecule is COc1cc(N2CC(C(=O)NCCC(C)C)CC2=O)c(OC)cc1Cl. The number of nitrogens with zero attached hydrogens (tertiary/aromatic N) is 1. The molecule has 1 unspecified atom stereocenters. The summed E-state index contributed by atoms with van der Waals surface area (Å²) in [7, 11) is 3.02. The number of nitrogens with one attached hydrogen (secondary N) is 1. The van der Waals surface area contributed by atoms with E-state index in [1.807, 2.05) is 0 Å². The van der Waals surface area contributed by atoms with Gasteiger partial charge >= 0.3 is 0 Å². The lowest BCUT2D eigenvalue weighted by Gasteiger charge is -2.21. The number of carbonyl (C=O) groups excluding carboxylic acids is 2. The number of carbonyl (C=O) groups is 2. The van der Waals surface area contributed by atoms with Gasteiger partial charge in [-0.2, -0.15) is 0 Å². The monoisotopic (exact) mass is 368 g/mol. The lowest BCUT2D eigenvalue weighted by molar-refractivity contribution is -0.126. The first-order chi connectivity index (χ1) is 11.9. The molecule has 0 saturated carbocycles.